The van der Waals surface area contributed by atoms with Gasteiger partial charge in [-0.05, 0) is 128 Å². The fourth-order valence-electron chi connectivity index (χ4n) is 9.78. The maximum absolute atomic E-state index is 9.56. The minimum atomic E-state index is 0.529. The van der Waals surface area contributed by atoms with Crippen LogP contribution >= 0.6 is 0 Å². The van der Waals surface area contributed by atoms with Crippen molar-refractivity contribution in [1.82, 2.24) is 0 Å². The Hall–Kier alpha value is -1.29. The van der Waals surface area contributed by atoms with E-state index in [-0.39, 0.29) is 0 Å². The van der Waals surface area contributed by atoms with Gasteiger partial charge < -0.3 is 0 Å². The summed E-state index contributed by atoms with van der Waals surface area (Å²) in [6, 6.07) is 10.7. The van der Waals surface area contributed by atoms with Crippen molar-refractivity contribution in [2.45, 2.75) is 98.3 Å². The normalized spacial score (nSPS) is 44.1. The number of nitrogens with zero attached hydrogens (tertiary/aromatic N) is 1. The van der Waals surface area contributed by atoms with Crippen molar-refractivity contribution in [3.8, 4) is 6.07 Å². The average molecular weight is 432 g/mol. The molecule has 4 saturated carbocycles. The Balaban J connectivity index is 1.31. The topological polar surface area (TPSA) is 23.8 Å². The first kappa shape index (κ1) is 22.5. The fourth-order valence-corrected chi connectivity index (χ4v) is 9.78. The van der Waals surface area contributed by atoms with Crippen molar-refractivity contribution in [3.63, 3.8) is 0 Å². The van der Waals surface area contributed by atoms with Crippen LogP contribution in [0.1, 0.15) is 103 Å². The number of fused-ring (bicyclic) bond motifs is 5. The molecule has 0 heterocycles. The molecule has 0 aliphatic heterocycles. The van der Waals surface area contributed by atoms with Crippen LogP contribution in [0.5, 0.6) is 0 Å². The highest BCUT2D eigenvalue weighted by Gasteiger charge is 2.58. The van der Waals surface area contributed by atoms with Crippen molar-refractivity contribution in [2.75, 3.05) is 0 Å². The highest BCUT2D eigenvalue weighted by molar-refractivity contribution is 5.37. The van der Waals surface area contributed by atoms with Crippen LogP contribution in [0.15, 0.2) is 24.3 Å². The lowest BCUT2D eigenvalue weighted by Crippen LogP contribution is -2.50. The summed E-state index contributed by atoms with van der Waals surface area (Å²) in [4.78, 5) is 0. The van der Waals surface area contributed by atoms with E-state index < -0.39 is 0 Å². The van der Waals surface area contributed by atoms with Gasteiger partial charge in [-0.25, -0.2) is 0 Å². The molecule has 1 aromatic rings. The van der Waals surface area contributed by atoms with E-state index in [9.17, 15) is 5.26 Å². The summed E-state index contributed by atoms with van der Waals surface area (Å²) in [6.45, 7) is 10.2. The van der Waals surface area contributed by atoms with Gasteiger partial charge in [0.2, 0.25) is 0 Å². The molecule has 0 aromatic heterocycles. The Morgan fingerprint density at radius 2 is 1.75 bits per heavy atom. The summed E-state index contributed by atoms with van der Waals surface area (Å²) >= 11 is 0. The van der Waals surface area contributed by atoms with E-state index in [1.54, 1.807) is 0 Å². The van der Waals surface area contributed by atoms with Gasteiger partial charge in [0, 0.05) is 0 Å². The lowest BCUT2D eigenvalue weighted by Gasteiger charge is -2.58. The van der Waals surface area contributed by atoms with Gasteiger partial charge in [0.15, 0.2) is 0 Å². The minimum Gasteiger partial charge on any atom is -0.192 e. The molecule has 9 atom stereocenters. The van der Waals surface area contributed by atoms with Crippen molar-refractivity contribution >= 4 is 0 Å². The van der Waals surface area contributed by atoms with E-state index in [1.165, 1.54) is 69.8 Å². The quantitative estimate of drug-likeness (QED) is 0.469. The first-order valence-corrected chi connectivity index (χ1v) is 13.9. The summed E-state index contributed by atoms with van der Waals surface area (Å²) in [5, 5.41) is 9.56. The zero-order chi connectivity index (χ0) is 22.5. The Bertz CT molecular complexity index is 865. The van der Waals surface area contributed by atoms with Crippen LogP contribution in [0.3, 0.4) is 0 Å². The van der Waals surface area contributed by atoms with Crippen LogP contribution in [0.2, 0.25) is 0 Å². The molecule has 5 rings (SSSR count). The molecule has 0 saturated heterocycles. The SMILES string of the molecule is CC[C@@]1(C)CCC2C(CCC3C2CCC2(C)C(C(C)Cc4ccccc4C#N)CCC32)C1. The standard InChI is InChI=1S/C31H45N/c1-5-30(3)16-14-25-23(19-30)10-11-27-26(25)15-17-31(4)28(12-13-29(27)31)21(2)18-22-8-6-7-9-24(22)20-32/h6-9,21,23,25-29H,5,10-19H2,1-4H3/t21?,23?,25?,26?,27?,28?,29?,30-,31?/m0/s1. The molecule has 32 heavy (non-hydrogen) atoms. The summed E-state index contributed by atoms with van der Waals surface area (Å²) in [7, 11) is 0. The minimum absolute atomic E-state index is 0.529. The zero-order valence-electron chi connectivity index (χ0n) is 21.1. The molecule has 0 N–H and O–H groups in total. The van der Waals surface area contributed by atoms with E-state index in [0.29, 0.717) is 16.7 Å². The van der Waals surface area contributed by atoms with Gasteiger partial charge in [-0.3, -0.25) is 0 Å². The molecular formula is C31H45N. The molecule has 0 spiro atoms. The van der Waals surface area contributed by atoms with Crippen LogP contribution < -0.4 is 0 Å². The van der Waals surface area contributed by atoms with Gasteiger partial charge >= 0.3 is 0 Å². The Morgan fingerprint density at radius 3 is 2.53 bits per heavy atom. The van der Waals surface area contributed by atoms with Crippen LogP contribution in [-0.4, -0.2) is 0 Å². The molecule has 4 aliphatic carbocycles. The summed E-state index contributed by atoms with van der Waals surface area (Å²) < 4.78 is 0. The van der Waals surface area contributed by atoms with E-state index >= 15 is 0 Å². The molecular weight excluding hydrogens is 386 g/mol. The zero-order valence-corrected chi connectivity index (χ0v) is 21.1. The van der Waals surface area contributed by atoms with Gasteiger partial charge in [-0.2, -0.15) is 5.26 Å². The molecule has 4 aliphatic rings. The van der Waals surface area contributed by atoms with Crippen molar-refractivity contribution in [1.29, 1.82) is 5.26 Å². The highest BCUT2D eigenvalue weighted by Crippen LogP contribution is 2.66. The van der Waals surface area contributed by atoms with Crippen LogP contribution in [0, 0.1) is 63.6 Å². The first-order chi connectivity index (χ1) is 15.4. The molecule has 1 nitrogen and oxygen atoms in total. The predicted molar refractivity (Wildman–Crippen MR) is 133 cm³/mol. The van der Waals surface area contributed by atoms with Crippen molar-refractivity contribution < 1.29 is 0 Å². The summed E-state index contributed by atoms with van der Waals surface area (Å²) in [5.41, 5.74) is 3.31. The third-order valence-electron chi connectivity index (χ3n) is 11.6. The third kappa shape index (κ3) is 3.65. The van der Waals surface area contributed by atoms with Gasteiger partial charge in [-0.15, -0.1) is 0 Å². The third-order valence-corrected chi connectivity index (χ3v) is 11.6. The van der Waals surface area contributed by atoms with Gasteiger partial charge in [0.1, 0.15) is 0 Å². The smallest absolute Gasteiger partial charge is 0.0994 e. The lowest BCUT2D eigenvalue weighted by atomic mass is 9.47. The van der Waals surface area contributed by atoms with Gasteiger partial charge in [0.25, 0.3) is 0 Å². The van der Waals surface area contributed by atoms with Crippen LogP contribution in [0.4, 0.5) is 0 Å². The molecule has 4 fully saturated rings. The predicted octanol–water partition coefficient (Wildman–Crippen LogP) is 8.42. The Kier molecular flexibility index (Phi) is 5.97. The second kappa shape index (κ2) is 8.49. The molecule has 0 radical (unpaired) electrons. The second-order valence-corrected chi connectivity index (χ2v) is 13.0. The molecule has 0 bridgehead atoms. The number of rotatable bonds is 4. The van der Waals surface area contributed by atoms with Gasteiger partial charge in [0.05, 0.1) is 11.6 Å². The van der Waals surface area contributed by atoms with Gasteiger partial charge in [-0.1, -0.05) is 52.3 Å². The maximum Gasteiger partial charge on any atom is 0.0994 e. The van der Waals surface area contributed by atoms with Crippen LogP contribution in [0.25, 0.3) is 0 Å². The number of benzene rings is 1. The fraction of sp³-hybridized carbons (Fsp3) is 0.774. The Morgan fingerprint density at radius 1 is 0.969 bits per heavy atom. The second-order valence-electron chi connectivity index (χ2n) is 13.0. The van der Waals surface area contributed by atoms with Crippen molar-refractivity contribution in [2.24, 2.45) is 52.3 Å². The average Bonchev–Trinajstić information content (AvgIpc) is 3.16. The highest BCUT2D eigenvalue weighted by atomic mass is 14.6. The molecule has 1 aromatic carbocycles. The van der Waals surface area contributed by atoms with E-state index in [1.807, 2.05) is 12.1 Å². The van der Waals surface area contributed by atoms with Crippen LogP contribution in [-0.2, 0) is 6.42 Å². The lowest BCUT2D eigenvalue weighted by molar-refractivity contribution is -0.0829. The number of hydrogen-bond acceptors (Lipinski definition) is 1. The number of hydrogen-bond donors (Lipinski definition) is 0. The van der Waals surface area contributed by atoms with E-state index in [0.717, 1.165) is 47.5 Å². The summed E-state index contributed by atoms with van der Waals surface area (Å²) in [6.07, 6.45) is 15.8. The Labute approximate surface area is 197 Å². The number of nitriles is 1. The first-order valence-electron chi connectivity index (χ1n) is 13.9. The summed E-state index contributed by atoms with van der Waals surface area (Å²) in [5.74, 6) is 6.56. The monoisotopic (exact) mass is 431 g/mol. The molecule has 8 unspecified atom stereocenters. The molecule has 1 heteroatoms. The van der Waals surface area contributed by atoms with Crippen molar-refractivity contribution in [3.05, 3.63) is 35.4 Å². The molecule has 0 amide bonds. The van der Waals surface area contributed by atoms with E-state index in [2.05, 4.69) is 45.9 Å². The maximum atomic E-state index is 9.56. The van der Waals surface area contributed by atoms with E-state index in [4.69, 9.17) is 0 Å². The molecule has 174 valence electrons. The largest absolute Gasteiger partial charge is 0.192 e.